The van der Waals surface area contributed by atoms with Gasteiger partial charge in [-0.1, -0.05) is 4.98 Å². The van der Waals surface area contributed by atoms with Gasteiger partial charge in [0, 0.05) is 24.1 Å². The Morgan fingerprint density at radius 2 is 2.50 bits per heavy atom. The van der Waals surface area contributed by atoms with Crippen molar-refractivity contribution in [2.24, 2.45) is 0 Å². The summed E-state index contributed by atoms with van der Waals surface area (Å²) in [6.07, 6.45) is 0.521. The Morgan fingerprint density at radius 1 is 1.75 bits per heavy atom. The normalized spacial score (nSPS) is 12.6. The van der Waals surface area contributed by atoms with Crippen LogP contribution in [-0.4, -0.2) is 49.9 Å². The van der Waals surface area contributed by atoms with E-state index >= 15 is 0 Å². The molecule has 0 amide bonds. The topological polar surface area (TPSA) is 106 Å². The van der Waals surface area contributed by atoms with E-state index in [1.165, 1.54) is 11.0 Å². The molecule has 1 unspecified atom stereocenters. The van der Waals surface area contributed by atoms with Gasteiger partial charge < -0.3 is 20.5 Å². The Morgan fingerprint density at radius 3 is 3.06 bits per heavy atom. The number of hydrogen-bond donors (Lipinski definition) is 2. The van der Waals surface area contributed by atoms with Crippen molar-refractivity contribution in [1.82, 2.24) is 20.1 Å². The van der Waals surface area contributed by atoms with Crippen molar-refractivity contribution < 1.29 is 10.0 Å². The predicted octanol–water partition coefficient (Wildman–Crippen LogP) is -0.624. The summed E-state index contributed by atoms with van der Waals surface area (Å²) in [7, 11) is 0. The van der Waals surface area contributed by atoms with Crippen LogP contribution in [0.1, 0.15) is 0 Å². The minimum absolute atomic E-state index is 0.149. The molecule has 1 atom stereocenters. The highest BCUT2D eigenvalue weighted by Crippen LogP contribution is 2.00. The van der Waals surface area contributed by atoms with E-state index in [1.807, 2.05) is 0 Å². The summed E-state index contributed by atoms with van der Waals surface area (Å²) in [5, 5.41) is 26.3. The molecule has 0 bridgehead atoms. The van der Waals surface area contributed by atoms with Gasteiger partial charge >= 0.3 is 5.95 Å². The lowest BCUT2D eigenvalue weighted by Gasteiger charge is -2.08. The minimum Gasteiger partial charge on any atom is -0.390 e. The Hall–Kier alpha value is -1.25. The first-order valence-electron chi connectivity index (χ1n) is 4.62. The van der Waals surface area contributed by atoms with Gasteiger partial charge in [0.05, 0.1) is 12.6 Å². The number of halogens is 1. The molecule has 2 N–H and O–H groups in total. The van der Waals surface area contributed by atoms with Gasteiger partial charge in [-0.25, -0.2) is 0 Å². The molecule has 0 aliphatic heterocycles. The van der Waals surface area contributed by atoms with Gasteiger partial charge in [-0.2, -0.15) is 4.68 Å². The average Bonchev–Trinajstić information content (AvgIpc) is 2.66. The van der Waals surface area contributed by atoms with E-state index in [0.717, 1.165) is 0 Å². The molecule has 0 fully saturated rings. The highest BCUT2D eigenvalue weighted by Gasteiger charge is 2.15. The summed E-state index contributed by atoms with van der Waals surface area (Å²) in [6.45, 7) is 1.09. The highest BCUT2D eigenvalue weighted by molar-refractivity contribution is 6.18. The molecule has 0 aliphatic rings. The SMILES string of the molecule is O=[N+]([O-])c1ncn(CC(O)CNCCCl)n1. The summed E-state index contributed by atoms with van der Waals surface area (Å²) in [4.78, 5) is 13.1. The number of nitrogens with one attached hydrogen (secondary N) is 1. The zero-order valence-electron chi connectivity index (χ0n) is 8.41. The first kappa shape index (κ1) is 12.8. The standard InChI is InChI=1S/C7H12ClN5O3/c8-1-2-9-3-6(14)4-12-5-10-7(11-12)13(15)16/h5-6,9,14H,1-4H2. The average molecular weight is 250 g/mol. The second kappa shape index (κ2) is 6.36. The second-order valence-corrected chi connectivity index (χ2v) is 3.45. The minimum atomic E-state index is -0.690. The van der Waals surface area contributed by atoms with Gasteiger partial charge in [-0.05, 0) is 4.92 Å². The van der Waals surface area contributed by atoms with Crippen molar-refractivity contribution in [2.45, 2.75) is 12.6 Å². The number of hydrogen-bond acceptors (Lipinski definition) is 6. The van der Waals surface area contributed by atoms with E-state index in [2.05, 4.69) is 15.4 Å². The predicted molar refractivity (Wildman–Crippen MR) is 56.3 cm³/mol. The van der Waals surface area contributed by atoms with Gasteiger partial charge in [-0.3, -0.25) is 0 Å². The van der Waals surface area contributed by atoms with Crippen molar-refractivity contribution >= 4 is 17.5 Å². The lowest BCUT2D eigenvalue weighted by Crippen LogP contribution is -2.31. The molecule has 0 aromatic carbocycles. The van der Waals surface area contributed by atoms with Crippen LogP contribution in [0.3, 0.4) is 0 Å². The maximum atomic E-state index is 10.3. The van der Waals surface area contributed by atoms with Crippen molar-refractivity contribution in [3.05, 3.63) is 16.4 Å². The van der Waals surface area contributed by atoms with Crippen molar-refractivity contribution in [1.29, 1.82) is 0 Å². The molecule has 9 heteroatoms. The monoisotopic (exact) mass is 249 g/mol. The molecular formula is C7H12ClN5O3. The van der Waals surface area contributed by atoms with Crippen LogP contribution in [0.5, 0.6) is 0 Å². The van der Waals surface area contributed by atoms with E-state index in [-0.39, 0.29) is 6.54 Å². The molecule has 1 aromatic heterocycles. The molecule has 1 aromatic rings. The maximum absolute atomic E-state index is 10.3. The summed E-state index contributed by atoms with van der Waals surface area (Å²) >= 11 is 5.44. The van der Waals surface area contributed by atoms with Crippen molar-refractivity contribution in [3.8, 4) is 0 Å². The Balaban J connectivity index is 2.37. The molecular weight excluding hydrogens is 238 g/mol. The highest BCUT2D eigenvalue weighted by atomic mass is 35.5. The third-order valence-corrected chi connectivity index (χ3v) is 1.93. The quantitative estimate of drug-likeness (QED) is 0.289. The molecule has 90 valence electrons. The largest absolute Gasteiger partial charge is 0.490 e. The molecule has 0 radical (unpaired) electrons. The van der Waals surface area contributed by atoms with E-state index in [9.17, 15) is 15.2 Å². The van der Waals surface area contributed by atoms with E-state index in [4.69, 9.17) is 11.6 Å². The van der Waals surface area contributed by atoms with E-state index < -0.39 is 17.0 Å². The summed E-state index contributed by atoms with van der Waals surface area (Å²) in [5.41, 5.74) is 0. The van der Waals surface area contributed by atoms with Crippen LogP contribution >= 0.6 is 11.6 Å². The fraction of sp³-hybridized carbons (Fsp3) is 0.714. The molecule has 16 heavy (non-hydrogen) atoms. The fourth-order valence-corrected chi connectivity index (χ4v) is 1.21. The van der Waals surface area contributed by atoms with Crippen LogP contribution < -0.4 is 5.32 Å². The third-order valence-electron chi connectivity index (χ3n) is 1.74. The lowest BCUT2D eigenvalue weighted by atomic mass is 10.3. The Bertz CT molecular complexity index is 345. The lowest BCUT2D eigenvalue weighted by molar-refractivity contribution is -0.394. The van der Waals surface area contributed by atoms with Gasteiger partial charge in [0.2, 0.25) is 6.33 Å². The first-order chi connectivity index (χ1) is 7.63. The molecule has 8 nitrogen and oxygen atoms in total. The molecule has 0 spiro atoms. The fourth-order valence-electron chi connectivity index (χ4n) is 1.07. The number of aliphatic hydroxyl groups is 1. The maximum Gasteiger partial charge on any atom is 0.490 e. The Labute approximate surface area is 96.4 Å². The summed E-state index contributed by atoms with van der Waals surface area (Å²) < 4.78 is 1.23. The van der Waals surface area contributed by atoms with Crippen LogP contribution in [0.2, 0.25) is 0 Å². The van der Waals surface area contributed by atoms with Gasteiger partial charge in [0.15, 0.2) is 0 Å². The van der Waals surface area contributed by atoms with Crippen molar-refractivity contribution in [2.75, 3.05) is 19.0 Å². The van der Waals surface area contributed by atoms with E-state index in [1.54, 1.807) is 0 Å². The second-order valence-electron chi connectivity index (χ2n) is 3.07. The van der Waals surface area contributed by atoms with Crippen LogP contribution in [-0.2, 0) is 6.54 Å². The Kier molecular flexibility index (Phi) is 5.09. The smallest absolute Gasteiger partial charge is 0.390 e. The van der Waals surface area contributed by atoms with Gasteiger partial charge in [0.1, 0.15) is 0 Å². The van der Waals surface area contributed by atoms with Crippen LogP contribution in [0.15, 0.2) is 6.33 Å². The molecule has 1 rings (SSSR count). The number of aromatic nitrogens is 3. The zero-order valence-corrected chi connectivity index (χ0v) is 9.17. The number of aliphatic hydroxyl groups excluding tert-OH is 1. The number of rotatable bonds is 7. The number of alkyl halides is 1. The van der Waals surface area contributed by atoms with Gasteiger partial charge in [-0.15, -0.1) is 11.6 Å². The number of nitrogens with zero attached hydrogens (tertiary/aromatic N) is 4. The summed E-state index contributed by atoms with van der Waals surface area (Å²) in [6, 6.07) is 0. The van der Waals surface area contributed by atoms with E-state index in [0.29, 0.717) is 19.0 Å². The third kappa shape index (κ3) is 4.09. The number of nitro groups is 1. The van der Waals surface area contributed by atoms with Crippen LogP contribution in [0.4, 0.5) is 5.95 Å². The summed E-state index contributed by atoms with van der Waals surface area (Å²) in [5.74, 6) is -0.0115. The van der Waals surface area contributed by atoms with Crippen LogP contribution in [0.25, 0.3) is 0 Å². The molecule has 1 heterocycles. The first-order valence-corrected chi connectivity index (χ1v) is 5.15. The van der Waals surface area contributed by atoms with Gasteiger partial charge in [0.25, 0.3) is 0 Å². The molecule has 0 aliphatic carbocycles. The molecule has 0 saturated carbocycles. The zero-order chi connectivity index (χ0) is 12.0. The van der Waals surface area contributed by atoms with Crippen molar-refractivity contribution in [3.63, 3.8) is 0 Å². The van der Waals surface area contributed by atoms with Crippen LogP contribution in [0, 0.1) is 10.1 Å². The molecule has 0 saturated heterocycles.